The van der Waals surface area contributed by atoms with Crippen molar-refractivity contribution in [3.63, 3.8) is 0 Å². The van der Waals surface area contributed by atoms with Crippen LogP contribution in [0, 0.1) is 6.92 Å². The van der Waals surface area contributed by atoms with Crippen LogP contribution in [0.1, 0.15) is 44.6 Å². The Morgan fingerprint density at radius 1 is 1.05 bits per heavy atom. The predicted molar refractivity (Wildman–Crippen MR) is 83.7 cm³/mol. The molecular weight excluding hydrogens is 288 g/mol. The van der Waals surface area contributed by atoms with Crippen LogP contribution in [0.2, 0.25) is 0 Å². The van der Waals surface area contributed by atoms with E-state index in [0.717, 1.165) is 24.8 Å². The molecule has 0 fully saturated rings. The van der Waals surface area contributed by atoms with Crippen molar-refractivity contribution in [1.82, 2.24) is 10.0 Å². The molecule has 0 heterocycles. The van der Waals surface area contributed by atoms with E-state index >= 15 is 0 Å². The maximum Gasteiger partial charge on any atom is 0.328 e. The maximum absolute atomic E-state index is 12.0. The summed E-state index contributed by atoms with van der Waals surface area (Å²) in [4.78, 5) is 11.7. The third kappa shape index (κ3) is 6.62. The number of urea groups is 1. The van der Waals surface area contributed by atoms with Crippen LogP contribution in [0.15, 0.2) is 29.2 Å². The predicted octanol–water partition coefficient (Wildman–Crippen LogP) is 2.95. The molecule has 0 saturated heterocycles. The van der Waals surface area contributed by atoms with Gasteiger partial charge in [-0.05, 0) is 25.5 Å². The van der Waals surface area contributed by atoms with E-state index in [0.29, 0.717) is 6.54 Å². The van der Waals surface area contributed by atoms with Gasteiger partial charge in [-0.1, -0.05) is 50.3 Å². The van der Waals surface area contributed by atoms with E-state index in [-0.39, 0.29) is 4.90 Å². The van der Waals surface area contributed by atoms with Crippen LogP contribution in [-0.4, -0.2) is 21.0 Å². The first-order chi connectivity index (χ1) is 9.95. The van der Waals surface area contributed by atoms with Gasteiger partial charge >= 0.3 is 6.03 Å². The minimum atomic E-state index is -3.79. The summed E-state index contributed by atoms with van der Waals surface area (Å²) < 4.78 is 25.9. The van der Waals surface area contributed by atoms with Crippen molar-refractivity contribution in [2.24, 2.45) is 0 Å². The van der Waals surface area contributed by atoms with Gasteiger partial charge in [-0.3, -0.25) is 0 Å². The zero-order valence-corrected chi connectivity index (χ0v) is 13.5. The molecule has 1 rings (SSSR count). The van der Waals surface area contributed by atoms with Crippen molar-refractivity contribution in [2.75, 3.05) is 6.54 Å². The third-order valence-electron chi connectivity index (χ3n) is 3.12. The Bertz CT molecular complexity index is 539. The zero-order chi connectivity index (χ0) is 15.7. The van der Waals surface area contributed by atoms with Gasteiger partial charge in [0.25, 0.3) is 10.0 Å². The van der Waals surface area contributed by atoms with Gasteiger partial charge in [0.15, 0.2) is 0 Å². The van der Waals surface area contributed by atoms with E-state index in [4.69, 9.17) is 0 Å². The second-order valence-electron chi connectivity index (χ2n) is 5.09. The molecule has 0 bridgehead atoms. The molecule has 0 saturated carbocycles. The van der Waals surface area contributed by atoms with Crippen molar-refractivity contribution in [2.45, 2.75) is 50.8 Å². The van der Waals surface area contributed by atoms with Crippen LogP contribution in [0.25, 0.3) is 0 Å². The fourth-order valence-electron chi connectivity index (χ4n) is 1.86. The fraction of sp³-hybridized carbons (Fsp3) is 0.533. The lowest BCUT2D eigenvalue weighted by atomic mass is 10.1. The van der Waals surface area contributed by atoms with Gasteiger partial charge in [0.1, 0.15) is 0 Å². The van der Waals surface area contributed by atoms with Gasteiger partial charge in [0, 0.05) is 6.54 Å². The van der Waals surface area contributed by atoms with Gasteiger partial charge in [-0.2, -0.15) is 0 Å². The van der Waals surface area contributed by atoms with E-state index in [1.165, 1.54) is 25.0 Å². The van der Waals surface area contributed by atoms with Gasteiger partial charge in [0.2, 0.25) is 0 Å². The number of carbonyl (C=O) groups is 1. The molecule has 0 aromatic heterocycles. The lowest BCUT2D eigenvalue weighted by Gasteiger charge is -2.08. The van der Waals surface area contributed by atoms with Crippen molar-refractivity contribution < 1.29 is 13.2 Å². The van der Waals surface area contributed by atoms with Crippen molar-refractivity contribution in [3.05, 3.63) is 29.8 Å². The maximum atomic E-state index is 12.0. The molecule has 0 spiro atoms. The minimum absolute atomic E-state index is 0.0891. The number of hydrogen-bond donors (Lipinski definition) is 2. The summed E-state index contributed by atoms with van der Waals surface area (Å²) in [6, 6.07) is 5.68. The van der Waals surface area contributed by atoms with Gasteiger partial charge in [0.05, 0.1) is 4.90 Å². The average molecular weight is 312 g/mol. The highest BCUT2D eigenvalue weighted by Gasteiger charge is 2.16. The summed E-state index contributed by atoms with van der Waals surface area (Å²) >= 11 is 0. The molecule has 0 unspecified atom stereocenters. The molecule has 0 aliphatic carbocycles. The Hall–Kier alpha value is -1.56. The SMILES string of the molecule is CCCCCCCNC(=O)NS(=O)(=O)c1ccc(C)cc1. The number of aryl methyl sites for hydroxylation is 1. The number of sulfonamides is 1. The Balaban J connectivity index is 2.38. The van der Waals surface area contributed by atoms with E-state index in [1.54, 1.807) is 12.1 Å². The topological polar surface area (TPSA) is 75.3 Å². The molecule has 118 valence electrons. The second-order valence-corrected chi connectivity index (χ2v) is 6.77. The largest absolute Gasteiger partial charge is 0.337 e. The Labute approximate surface area is 127 Å². The van der Waals surface area contributed by atoms with Crippen LogP contribution in [0.5, 0.6) is 0 Å². The molecule has 0 atom stereocenters. The van der Waals surface area contributed by atoms with Crippen LogP contribution < -0.4 is 10.0 Å². The normalized spacial score (nSPS) is 11.1. The summed E-state index contributed by atoms with van der Waals surface area (Å²) in [5.74, 6) is 0. The molecule has 5 nitrogen and oxygen atoms in total. The number of amides is 2. The van der Waals surface area contributed by atoms with E-state index < -0.39 is 16.1 Å². The summed E-state index contributed by atoms with van der Waals surface area (Å²) in [5.41, 5.74) is 0.963. The van der Waals surface area contributed by atoms with Crippen LogP contribution in [-0.2, 0) is 10.0 Å². The van der Waals surface area contributed by atoms with Gasteiger partial charge in [-0.25, -0.2) is 17.9 Å². The monoisotopic (exact) mass is 312 g/mol. The molecule has 0 aliphatic rings. The molecule has 1 aromatic carbocycles. The molecule has 21 heavy (non-hydrogen) atoms. The second kappa shape index (κ2) is 8.67. The average Bonchev–Trinajstić information content (AvgIpc) is 2.42. The highest BCUT2D eigenvalue weighted by atomic mass is 32.2. The number of carbonyl (C=O) groups excluding carboxylic acids is 1. The lowest BCUT2D eigenvalue weighted by molar-refractivity contribution is 0.245. The van der Waals surface area contributed by atoms with Crippen molar-refractivity contribution in [1.29, 1.82) is 0 Å². The molecule has 6 heteroatoms. The number of hydrogen-bond acceptors (Lipinski definition) is 3. The first-order valence-electron chi connectivity index (χ1n) is 7.33. The Kier molecular flexibility index (Phi) is 7.22. The van der Waals surface area contributed by atoms with Gasteiger partial charge < -0.3 is 5.32 Å². The van der Waals surface area contributed by atoms with Crippen molar-refractivity contribution in [3.8, 4) is 0 Å². The zero-order valence-electron chi connectivity index (χ0n) is 12.7. The van der Waals surface area contributed by atoms with Crippen LogP contribution >= 0.6 is 0 Å². The summed E-state index contributed by atoms with van der Waals surface area (Å²) in [5, 5.41) is 2.57. The number of unbranched alkanes of at least 4 members (excludes halogenated alkanes) is 4. The quantitative estimate of drug-likeness (QED) is 0.725. The van der Waals surface area contributed by atoms with E-state index in [9.17, 15) is 13.2 Å². The Morgan fingerprint density at radius 2 is 1.67 bits per heavy atom. The molecule has 1 aromatic rings. The summed E-state index contributed by atoms with van der Waals surface area (Å²) in [6.07, 6.45) is 5.40. The lowest BCUT2D eigenvalue weighted by Crippen LogP contribution is -2.39. The molecule has 0 radical (unpaired) electrons. The highest BCUT2D eigenvalue weighted by Crippen LogP contribution is 2.09. The van der Waals surface area contributed by atoms with Crippen LogP contribution in [0.3, 0.4) is 0 Å². The third-order valence-corrected chi connectivity index (χ3v) is 4.47. The van der Waals surface area contributed by atoms with Gasteiger partial charge in [-0.15, -0.1) is 0 Å². The smallest absolute Gasteiger partial charge is 0.328 e. The summed E-state index contributed by atoms with van der Waals surface area (Å²) in [6.45, 7) is 4.50. The molecular formula is C15H24N2O3S. The van der Waals surface area contributed by atoms with E-state index in [2.05, 4.69) is 12.2 Å². The van der Waals surface area contributed by atoms with Crippen LogP contribution in [0.4, 0.5) is 4.79 Å². The standard InChI is InChI=1S/C15H24N2O3S/c1-3-4-5-6-7-12-16-15(18)17-21(19,20)14-10-8-13(2)9-11-14/h8-11H,3-7,12H2,1-2H3,(H2,16,17,18). The Morgan fingerprint density at radius 3 is 2.29 bits per heavy atom. The number of rotatable bonds is 8. The summed E-state index contributed by atoms with van der Waals surface area (Å²) in [7, 11) is -3.79. The number of nitrogens with one attached hydrogen (secondary N) is 2. The molecule has 2 N–H and O–H groups in total. The van der Waals surface area contributed by atoms with Crippen molar-refractivity contribution >= 4 is 16.1 Å². The molecule has 0 aliphatic heterocycles. The number of benzene rings is 1. The minimum Gasteiger partial charge on any atom is -0.337 e. The first kappa shape index (κ1) is 17.5. The van der Waals surface area contributed by atoms with E-state index in [1.807, 2.05) is 11.6 Å². The highest BCUT2D eigenvalue weighted by molar-refractivity contribution is 7.90. The first-order valence-corrected chi connectivity index (χ1v) is 8.81. The molecule has 2 amide bonds. The fourth-order valence-corrected chi connectivity index (χ4v) is 2.79.